The molecule has 2 aliphatic heterocycles. The van der Waals surface area contributed by atoms with E-state index in [4.69, 9.17) is 0 Å². The van der Waals surface area contributed by atoms with E-state index in [1.807, 2.05) is 6.92 Å². The van der Waals surface area contributed by atoms with Crippen molar-refractivity contribution >= 4 is 22.2 Å². The van der Waals surface area contributed by atoms with Crippen molar-refractivity contribution < 1.29 is 8.42 Å². The lowest BCUT2D eigenvalue weighted by molar-refractivity contribution is 0.173. The Morgan fingerprint density at radius 2 is 2.17 bits per heavy atom. The van der Waals surface area contributed by atoms with Crippen LogP contribution in [0, 0.1) is 11.3 Å². The first-order chi connectivity index (χ1) is 7.89. The van der Waals surface area contributed by atoms with Crippen LogP contribution >= 0.6 is 12.4 Å². The highest BCUT2D eigenvalue weighted by atomic mass is 35.5. The van der Waals surface area contributed by atoms with E-state index < -0.39 is 9.84 Å². The predicted octanol–water partition coefficient (Wildman–Crippen LogP) is 0.774. The first-order valence-corrected chi connectivity index (χ1v) is 8.34. The van der Waals surface area contributed by atoms with Crippen molar-refractivity contribution in [2.75, 3.05) is 44.2 Å². The molecule has 4 nitrogen and oxygen atoms in total. The average molecular weight is 297 g/mol. The largest absolute Gasteiger partial charge is 0.316 e. The van der Waals surface area contributed by atoms with Gasteiger partial charge in [-0.15, -0.1) is 12.4 Å². The second kappa shape index (κ2) is 6.07. The number of sulfone groups is 1. The minimum absolute atomic E-state index is 0. The van der Waals surface area contributed by atoms with Crippen LogP contribution in [-0.2, 0) is 9.84 Å². The van der Waals surface area contributed by atoms with E-state index in [0.717, 1.165) is 26.2 Å². The minimum atomic E-state index is -2.81. The number of halogens is 1. The van der Waals surface area contributed by atoms with Gasteiger partial charge in [-0.1, -0.05) is 13.8 Å². The number of hydrogen-bond acceptors (Lipinski definition) is 4. The molecular weight excluding hydrogens is 272 g/mol. The maximum atomic E-state index is 11.7. The molecule has 6 heteroatoms. The molecule has 2 unspecified atom stereocenters. The Labute approximate surface area is 117 Å². The molecular formula is C12H25ClN2O2S. The molecule has 2 aliphatic rings. The molecule has 0 aromatic rings. The summed E-state index contributed by atoms with van der Waals surface area (Å²) in [6.07, 6.45) is 1.20. The molecule has 2 saturated heterocycles. The number of rotatable bonds is 2. The molecule has 2 fully saturated rings. The van der Waals surface area contributed by atoms with Crippen LogP contribution < -0.4 is 5.32 Å². The van der Waals surface area contributed by atoms with E-state index in [-0.39, 0.29) is 18.3 Å². The smallest absolute Gasteiger partial charge is 0.151 e. The van der Waals surface area contributed by atoms with Crippen LogP contribution in [0.5, 0.6) is 0 Å². The van der Waals surface area contributed by atoms with Gasteiger partial charge >= 0.3 is 0 Å². The van der Waals surface area contributed by atoms with Gasteiger partial charge < -0.3 is 10.2 Å². The summed E-state index contributed by atoms with van der Waals surface area (Å²) >= 11 is 0. The monoisotopic (exact) mass is 296 g/mol. The van der Waals surface area contributed by atoms with Crippen LogP contribution in [0.3, 0.4) is 0 Å². The Morgan fingerprint density at radius 3 is 2.78 bits per heavy atom. The lowest BCUT2D eigenvalue weighted by atomic mass is 9.89. The molecule has 0 aliphatic carbocycles. The molecule has 2 atom stereocenters. The van der Waals surface area contributed by atoms with Gasteiger partial charge in [0, 0.05) is 26.2 Å². The van der Waals surface area contributed by atoms with Crippen molar-refractivity contribution in [3.05, 3.63) is 0 Å². The summed E-state index contributed by atoms with van der Waals surface area (Å²) in [5.41, 5.74) is 0.327. The number of hydrogen-bond donors (Lipinski definition) is 1. The van der Waals surface area contributed by atoms with E-state index in [0.29, 0.717) is 23.5 Å². The highest BCUT2D eigenvalue weighted by Gasteiger charge is 2.33. The summed E-state index contributed by atoms with van der Waals surface area (Å²) in [4.78, 5) is 2.35. The molecule has 18 heavy (non-hydrogen) atoms. The zero-order valence-electron chi connectivity index (χ0n) is 11.3. The lowest BCUT2D eigenvalue weighted by Crippen LogP contribution is -2.40. The maximum absolute atomic E-state index is 11.7. The van der Waals surface area contributed by atoms with Crippen LogP contribution in [-0.4, -0.2) is 57.5 Å². The van der Waals surface area contributed by atoms with Crippen molar-refractivity contribution in [1.82, 2.24) is 10.2 Å². The van der Waals surface area contributed by atoms with Crippen LogP contribution in [0.4, 0.5) is 0 Å². The molecule has 2 heterocycles. The van der Waals surface area contributed by atoms with Crippen LogP contribution in [0.15, 0.2) is 0 Å². The molecule has 0 aromatic heterocycles. The minimum Gasteiger partial charge on any atom is -0.316 e. The van der Waals surface area contributed by atoms with Crippen LogP contribution in [0.1, 0.15) is 20.3 Å². The molecule has 1 N–H and O–H groups in total. The Morgan fingerprint density at radius 1 is 1.44 bits per heavy atom. The lowest BCUT2D eigenvalue weighted by Gasteiger charge is -2.31. The fraction of sp³-hybridized carbons (Fsp3) is 1.00. The quantitative estimate of drug-likeness (QED) is 0.818. The van der Waals surface area contributed by atoms with Gasteiger partial charge in [0.2, 0.25) is 0 Å². The molecule has 0 aromatic carbocycles. The third-order valence-corrected chi connectivity index (χ3v) is 5.77. The van der Waals surface area contributed by atoms with Gasteiger partial charge in [-0.05, 0) is 24.3 Å². The standard InChI is InChI=1S/C12H24N2O2S.ClH/c1-11-7-14(5-6-17(15,16)8-11)10-12(2)3-4-13-9-12;/h11,13H,3-10H2,1-2H3;1H. The van der Waals surface area contributed by atoms with Crippen molar-refractivity contribution in [3.8, 4) is 0 Å². The summed E-state index contributed by atoms with van der Waals surface area (Å²) in [6.45, 7) is 9.17. The third kappa shape index (κ3) is 4.37. The van der Waals surface area contributed by atoms with Crippen molar-refractivity contribution in [2.45, 2.75) is 20.3 Å². The van der Waals surface area contributed by atoms with Gasteiger partial charge in [-0.2, -0.15) is 0 Å². The summed E-state index contributed by atoms with van der Waals surface area (Å²) in [5.74, 6) is 0.958. The van der Waals surface area contributed by atoms with E-state index in [2.05, 4.69) is 17.1 Å². The topological polar surface area (TPSA) is 49.4 Å². The Hall–Kier alpha value is 0.160. The third-order valence-electron chi connectivity index (χ3n) is 3.89. The average Bonchev–Trinajstić information content (AvgIpc) is 2.55. The number of nitrogens with zero attached hydrogens (tertiary/aromatic N) is 1. The molecule has 2 rings (SSSR count). The van der Waals surface area contributed by atoms with Crippen LogP contribution in [0.25, 0.3) is 0 Å². The van der Waals surface area contributed by atoms with Gasteiger partial charge in [0.25, 0.3) is 0 Å². The van der Waals surface area contributed by atoms with Gasteiger partial charge in [-0.3, -0.25) is 0 Å². The van der Waals surface area contributed by atoms with Crippen molar-refractivity contribution in [3.63, 3.8) is 0 Å². The van der Waals surface area contributed by atoms with Crippen molar-refractivity contribution in [2.24, 2.45) is 11.3 Å². The Balaban J connectivity index is 0.00000162. The molecule has 0 amide bonds. The van der Waals surface area contributed by atoms with Crippen molar-refractivity contribution in [1.29, 1.82) is 0 Å². The Kier molecular flexibility index (Phi) is 5.47. The van der Waals surface area contributed by atoms with Gasteiger partial charge in [0.15, 0.2) is 9.84 Å². The first kappa shape index (κ1) is 16.2. The SMILES string of the molecule is CC1CN(CC2(C)CCNC2)CCS(=O)(=O)C1.Cl. The first-order valence-electron chi connectivity index (χ1n) is 6.52. The summed E-state index contributed by atoms with van der Waals surface area (Å²) in [5, 5.41) is 3.40. The summed E-state index contributed by atoms with van der Waals surface area (Å²) < 4.78 is 23.4. The number of nitrogens with one attached hydrogen (secondary N) is 1. The van der Waals surface area contributed by atoms with Gasteiger partial charge in [0.1, 0.15) is 0 Å². The van der Waals surface area contributed by atoms with E-state index in [1.54, 1.807) is 0 Å². The predicted molar refractivity (Wildman–Crippen MR) is 77.1 cm³/mol. The summed E-state index contributed by atoms with van der Waals surface area (Å²) in [6, 6.07) is 0. The van der Waals surface area contributed by atoms with E-state index in [9.17, 15) is 8.42 Å². The highest BCUT2D eigenvalue weighted by Crippen LogP contribution is 2.26. The van der Waals surface area contributed by atoms with Gasteiger partial charge in [0.05, 0.1) is 11.5 Å². The fourth-order valence-electron chi connectivity index (χ4n) is 3.06. The summed E-state index contributed by atoms with van der Waals surface area (Å²) in [7, 11) is -2.81. The second-order valence-corrected chi connectivity index (χ2v) is 8.42. The Bertz CT molecular complexity index is 366. The fourth-order valence-corrected chi connectivity index (χ4v) is 4.73. The molecule has 108 valence electrons. The highest BCUT2D eigenvalue weighted by molar-refractivity contribution is 7.91. The molecule has 0 spiro atoms. The van der Waals surface area contributed by atoms with E-state index >= 15 is 0 Å². The second-order valence-electron chi connectivity index (χ2n) is 6.19. The zero-order chi connectivity index (χ0) is 12.5. The van der Waals surface area contributed by atoms with Crippen LogP contribution in [0.2, 0.25) is 0 Å². The maximum Gasteiger partial charge on any atom is 0.151 e. The normalized spacial score (nSPS) is 36.9. The molecule has 0 bridgehead atoms. The van der Waals surface area contributed by atoms with Gasteiger partial charge in [-0.25, -0.2) is 8.42 Å². The zero-order valence-corrected chi connectivity index (χ0v) is 12.9. The molecule has 0 saturated carbocycles. The van der Waals surface area contributed by atoms with E-state index in [1.165, 1.54) is 6.42 Å². The molecule has 0 radical (unpaired) electrons.